The molecule has 152 valence electrons. The third-order valence-electron chi connectivity index (χ3n) is 8.43. The van der Waals surface area contributed by atoms with Crippen LogP contribution in [0.1, 0.15) is 27.7 Å². The van der Waals surface area contributed by atoms with Gasteiger partial charge in [0.05, 0.1) is 30.4 Å². The first-order valence-electron chi connectivity index (χ1n) is 10.7. The van der Waals surface area contributed by atoms with Crippen LogP contribution in [-0.2, 0) is 4.12 Å². The van der Waals surface area contributed by atoms with Crippen LogP contribution < -0.4 is 0 Å². The van der Waals surface area contributed by atoms with Crippen molar-refractivity contribution < 1.29 is 4.12 Å². The summed E-state index contributed by atoms with van der Waals surface area (Å²) in [5.74, 6) is 0. The van der Waals surface area contributed by atoms with E-state index in [-0.39, 0.29) is 0 Å². The molecule has 0 N–H and O–H groups in total. The van der Waals surface area contributed by atoms with Crippen LogP contribution in [0.5, 0.6) is 0 Å². The Balaban J connectivity index is 6.82. The molecule has 0 bridgehead atoms. The van der Waals surface area contributed by atoms with Crippen molar-refractivity contribution >= 4 is 45.1 Å². The van der Waals surface area contributed by atoms with Gasteiger partial charge in [0.25, 0.3) is 0 Å². The van der Waals surface area contributed by atoms with Crippen molar-refractivity contribution in [3.05, 3.63) is 0 Å². The van der Waals surface area contributed by atoms with Gasteiger partial charge in [-0.2, -0.15) is 0 Å². The molecule has 0 aromatic rings. The average molecular weight is 451 g/mol. The molecule has 0 radical (unpaired) electrons. The molecule has 0 saturated carbocycles. The summed E-state index contributed by atoms with van der Waals surface area (Å²) in [5.41, 5.74) is 0. The Kier molecular flexibility index (Phi) is 8.75. The monoisotopic (exact) mass is 450 g/mol. The minimum atomic E-state index is -1.73. The Labute approximate surface area is 166 Å². The van der Waals surface area contributed by atoms with E-state index in [1.165, 1.54) is 24.2 Å². The summed E-state index contributed by atoms with van der Waals surface area (Å²) in [6.45, 7) is 35.1. The third-order valence-corrected chi connectivity index (χ3v) is 99.1. The molecule has 0 fully saturated rings. The van der Waals surface area contributed by atoms with E-state index in [1.54, 1.807) is 0 Å². The largest absolute Gasteiger partial charge is 0.464 e. The van der Waals surface area contributed by atoms with Gasteiger partial charge in [-0.3, -0.25) is 0 Å². The average Bonchev–Trinajstić information content (AvgIpc) is 2.51. The molecule has 0 aromatic carbocycles. The Morgan fingerprint density at radius 2 is 0.680 bits per heavy atom. The standard InChI is InChI=1S/C18H50OSi6/c1-15-20(5,6)24(13,14)19-25(21(7,8)16-2,22(9,10)17-3)23(11,12)18-4/h15-18H2,1-14H3. The van der Waals surface area contributed by atoms with Crippen LogP contribution in [0.2, 0.25) is 89.6 Å². The van der Waals surface area contributed by atoms with Crippen molar-refractivity contribution in [2.75, 3.05) is 0 Å². The topological polar surface area (TPSA) is 9.23 Å². The first kappa shape index (κ1) is 26.3. The van der Waals surface area contributed by atoms with E-state index >= 15 is 0 Å². The molecule has 0 heterocycles. The van der Waals surface area contributed by atoms with Gasteiger partial charge in [0.2, 0.25) is 0 Å². The summed E-state index contributed by atoms with van der Waals surface area (Å²) in [6, 6.07) is 5.65. The lowest BCUT2D eigenvalue weighted by atomic mass is 11.0. The highest BCUT2D eigenvalue weighted by atomic mass is 29.9. The zero-order chi connectivity index (χ0) is 20.5. The van der Waals surface area contributed by atoms with Crippen LogP contribution >= 0.6 is 0 Å². The Hall–Kier alpha value is 1.26. The lowest BCUT2D eigenvalue weighted by Gasteiger charge is -2.63. The van der Waals surface area contributed by atoms with Crippen molar-refractivity contribution in [3.8, 4) is 0 Å². The molecule has 0 rings (SSSR count). The molecule has 0 amide bonds. The molecule has 0 atom stereocenters. The smallest absolute Gasteiger partial charge is 0.159 e. The van der Waals surface area contributed by atoms with Gasteiger partial charge in [-0.15, -0.1) is 0 Å². The zero-order valence-electron chi connectivity index (χ0n) is 20.2. The van der Waals surface area contributed by atoms with Gasteiger partial charge in [0.15, 0.2) is 7.83 Å². The van der Waals surface area contributed by atoms with Crippen molar-refractivity contribution in [3.63, 3.8) is 0 Å². The summed E-state index contributed by atoms with van der Waals surface area (Å²) < 4.78 is 7.97. The van der Waals surface area contributed by atoms with E-state index in [1.807, 2.05) is 0 Å². The second kappa shape index (κ2) is 8.33. The van der Waals surface area contributed by atoms with E-state index in [0.717, 1.165) is 0 Å². The summed E-state index contributed by atoms with van der Waals surface area (Å²) in [4.78, 5) is 0. The van der Waals surface area contributed by atoms with Gasteiger partial charge < -0.3 is 4.12 Å². The van der Waals surface area contributed by atoms with Crippen molar-refractivity contribution in [2.24, 2.45) is 0 Å². The SMILES string of the molecule is CC[Si](C)(C)[Si](C)(C)O[Si]([Si](C)(C)CC)([Si](C)(C)CC)[Si](C)(C)CC. The summed E-state index contributed by atoms with van der Waals surface area (Å²) >= 11 is 0. The maximum Gasteiger partial charge on any atom is 0.159 e. The molecule has 0 unspecified atom stereocenters. The quantitative estimate of drug-likeness (QED) is 0.315. The Morgan fingerprint density at radius 1 is 0.440 bits per heavy atom. The molecule has 1 nitrogen and oxygen atoms in total. The lowest BCUT2D eigenvalue weighted by molar-refractivity contribution is 0.599. The highest BCUT2D eigenvalue weighted by molar-refractivity contribution is 7.88. The predicted molar refractivity (Wildman–Crippen MR) is 136 cm³/mol. The molecular formula is C18H50OSi6. The van der Waals surface area contributed by atoms with Gasteiger partial charge in [-0.05, 0) is 13.1 Å². The lowest BCUT2D eigenvalue weighted by Crippen LogP contribution is -2.88. The Morgan fingerprint density at radius 3 is 0.880 bits per heavy atom. The fourth-order valence-corrected chi connectivity index (χ4v) is 124. The summed E-state index contributed by atoms with van der Waals surface area (Å²) in [5, 5.41) is 0. The van der Waals surface area contributed by atoms with Crippen molar-refractivity contribution in [1.29, 1.82) is 0 Å². The molecule has 25 heavy (non-hydrogen) atoms. The van der Waals surface area contributed by atoms with Crippen molar-refractivity contribution in [1.82, 2.24) is 0 Å². The molecule has 0 aromatic heterocycles. The van der Waals surface area contributed by atoms with Crippen LogP contribution in [0.4, 0.5) is 0 Å². The predicted octanol–water partition coefficient (Wildman–Crippen LogP) is 7.38. The summed E-state index contributed by atoms with van der Waals surface area (Å²) in [6.07, 6.45) is 0. The number of hydrogen-bond acceptors (Lipinski definition) is 1. The molecule has 0 saturated heterocycles. The minimum absolute atomic E-state index is 1.27. The van der Waals surface area contributed by atoms with E-state index in [0.29, 0.717) is 0 Å². The fraction of sp³-hybridized carbons (Fsp3) is 1.00. The molecule has 0 aliphatic rings. The fourth-order valence-electron chi connectivity index (χ4n) is 4.86. The van der Waals surface area contributed by atoms with E-state index in [2.05, 4.69) is 93.2 Å². The minimum Gasteiger partial charge on any atom is -0.464 e. The second-order valence-electron chi connectivity index (χ2n) is 11.2. The molecule has 0 spiro atoms. The van der Waals surface area contributed by atoms with Crippen LogP contribution in [0, 0.1) is 0 Å². The number of rotatable bonds is 10. The molecule has 7 heteroatoms. The first-order valence-corrected chi connectivity index (χ1v) is 32.3. The van der Waals surface area contributed by atoms with Crippen LogP contribution in [0.25, 0.3) is 0 Å². The van der Waals surface area contributed by atoms with Gasteiger partial charge >= 0.3 is 0 Å². The first-order chi connectivity index (χ1) is 10.9. The normalized spacial score (nSPS) is 15.6. The second-order valence-corrected chi connectivity index (χ2v) is 65.0. The molecular weight excluding hydrogens is 401 g/mol. The molecule has 0 aliphatic carbocycles. The molecule has 0 aliphatic heterocycles. The highest BCUT2D eigenvalue weighted by Gasteiger charge is 2.68. The summed E-state index contributed by atoms with van der Waals surface area (Å²) in [7, 11) is -7.03. The van der Waals surface area contributed by atoms with Crippen LogP contribution in [0.15, 0.2) is 0 Å². The van der Waals surface area contributed by atoms with Gasteiger partial charge in [-0.25, -0.2) is 0 Å². The van der Waals surface area contributed by atoms with Gasteiger partial charge in [0.1, 0.15) is 6.87 Å². The highest BCUT2D eigenvalue weighted by Crippen LogP contribution is 2.45. The maximum absolute atomic E-state index is 7.97. The third kappa shape index (κ3) is 4.48. The Bertz CT molecular complexity index is 402. The van der Waals surface area contributed by atoms with E-state index < -0.39 is 45.1 Å². The van der Waals surface area contributed by atoms with Gasteiger partial charge in [0, 0.05) is 0 Å². The van der Waals surface area contributed by atoms with Crippen molar-refractivity contribution in [2.45, 2.75) is 117 Å². The van der Waals surface area contributed by atoms with E-state index in [4.69, 9.17) is 4.12 Å². The zero-order valence-corrected chi connectivity index (χ0v) is 26.2. The van der Waals surface area contributed by atoms with Crippen LogP contribution in [0.3, 0.4) is 0 Å². The van der Waals surface area contributed by atoms with Crippen LogP contribution in [-0.4, -0.2) is 45.1 Å². The maximum atomic E-state index is 7.97. The number of hydrogen-bond donors (Lipinski definition) is 0. The van der Waals surface area contributed by atoms with E-state index in [9.17, 15) is 0 Å². The van der Waals surface area contributed by atoms with Gasteiger partial charge in [-0.1, -0.05) is 104 Å².